The fourth-order valence-electron chi connectivity index (χ4n) is 2.59. The molecule has 1 aliphatic rings. The van der Waals surface area contributed by atoms with Crippen LogP contribution in [-0.2, 0) is 16.7 Å². The summed E-state index contributed by atoms with van der Waals surface area (Å²) in [5, 5.41) is 3.86. The van der Waals surface area contributed by atoms with Gasteiger partial charge in [0.2, 0.25) is 14.8 Å². The molecule has 1 saturated heterocycles. The molecule has 0 unspecified atom stereocenters. The zero-order valence-corrected chi connectivity index (χ0v) is 15.5. The van der Waals surface area contributed by atoms with E-state index in [1.54, 1.807) is 16.8 Å². The van der Waals surface area contributed by atoms with Gasteiger partial charge in [-0.15, -0.1) is 0 Å². The molecule has 7 nitrogen and oxygen atoms in total. The van der Waals surface area contributed by atoms with Crippen molar-refractivity contribution in [3.05, 3.63) is 34.1 Å². The molecule has 1 N–H and O–H groups in total. The molecule has 0 atom stereocenters. The lowest BCUT2D eigenvalue weighted by atomic mass is 10.2. The van der Waals surface area contributed by atoms with Crippen LogP contribution in [0, 0.1) is 4.77 Å². The molecule has 0 aliphatic carbocycles. The molecule has 1 fully saturated rings. The first kappa shape index (κ1) is 17.6. The lowest BCUT2D eigenvalue weighted by Gasteiger charge is -2.32. The molecule has 130 valence electrons. The van der Waals surface area contributed by atoms with E-state index in [9.17, 15) is 8.42 Å². The van der Waals surface area contributed by atoms with Crippen LogP contribution < -0.4 is 0 Å². The van der Waals surface area contributed by atoms with Gasteiger partial charge < -0.3 is 0 Å². The molecule has 1 aromatic heterocycles. The van der Waals surface area contributed by atoms with Gasteiger partial charge in [-0.1, -0.05) is 11.6 Å². The number of nitrogens with zero attached hydrogens (tertiary/aromatic N) is 4. The van der Waals surface area contributed by atoms with Crippen molar-refractivity contribution in [2.45, 2.75) is 6.67 Å². The second-order valence-electron chi connectivity index (χ2n) is 5.71. The van der Waals surface area contributed by atoms with Crippen LogP contribution in [-0.4, -0.2) is 64.8 Å². The zero-order chi connectivity index (χ0) is 17.3. The maximum Gasteiger partial charge on any atom is 0.217 e. The Morgan fingerprint density at radius 3 is 2.42 bits per heavy atom. The molecular formula is C14H18ClN5O2S2. The van der Waals surface area contributed by atoms with Gasteiger partial charge in [-0.2, -0.15) is 9.29 Å². The Labute approximate surface area is 150 Å². The Kier molecular flexibility index (Phi) is 5.07. The minimum absolute atomic E-state index is 0.463. The Morgan fingerprint density at radius 2 is 1.83 bits per heavy atom. The lowest BCUT2D eigenvalue weighted by molar-refractivity contribution is 0.145. The monoisotopic (exact) mass is 387 g/mol. The molecule has 0 bridgehead atoms. The zero-order valence-electron chi connectivity index (χ0n) is 13.1. The molecule has 0 saturated carbocycles. The molecule has 2 aromatic rings. The van der Waals surface area contributed by atoms with Crippen molar-refractivity contribution in [3.8, 4) is 11.4 Å². The van der Waals surface area contributed by atoms with Crippen LogP contribution in [0.2, 0.25) is 5.02 Å². The van der Waals surface area contributed by atoms with Gasteiger partial charge in [0.25, 0.3) is 0 Å². The van der Waals surface area contributed by atoms with Crippen LogP contribution in [0.3, 0.4) is 0 Å². The van der Waals surface area contributed by atoms with E-state index in [4.69, 9.17) is 23.8 Å². The number of halogens is 1. The van der Waals surface area contributed by atoms with Gasteiger partial charge in [0.1, 0.15) is 0 Å². The Morgan fingerprint density at radius 1 is 1.21 bits per heavy atom. The van der Waals surface area contributed by atoms with E-state index in [-0.39, 0.29) is 0 Å². The molecule has 0 radical (unpaired) electrons. The summed E-state index contributed by atoms with van der Waals surface area (Å²) in [6.45, 7) is 2.85. The molecule has 2 heterocycles. The quantitative estimate of drug-likeness (QED) is 0.809. The van der Waals surface area contributed by atoms with Crippen LogP contribution in [0.15, 0.2) is 24.3 Å². The maximum atomic E-state index is 11.5. The van der Waals surface area contributed by atoms with Crippen LogP contribution in [0.1, 0.15) is 0 Å². The van der Waals surface area contributed by atoms with E-state index >= 15 is 0 Å². The highest BCUT2D eigenvalue weighted by Crippen LogP contribution is 2.18. The van der Waals surface area contributed by atoms with E-state index in [2.05, 4.69) is 15.0 Å². The third-order valence-corrected chi connectivity index (χ3v) is 5.81. The molecule has 24 heavy (non-hydrogen) atoms. The SMILES string of the molecule is CS(=O)(=O)N1CCN(Cn2[nH]c(-c3ccc(Cl)cc3)nc2=S)CC1. The molecule has 1 aromatic carbocycles. The lowest BCUT2D eigenvalue weighted by Crippen LogP contribution is -2.48. The van der Waals surface area contributed by atoms with Crippen molar-refractivity contribution >= 4 is 33.8 Å². The van der Waals surface area contributed by atoms with E-state index < -0.39 is 10.0 Å². The number of hydrogen-bond acceptors (Lipinski definition) is 5. The predicted molar refractivity (Wildman–Crippen MR) is 95.8 cm³/mol. The highest BCUT2D eigenvalue weighted by atomic mass is 35.5. The average Bonchev–Trinajstić information content (AvgIpc) is 2.89. The minimum atomic E-state index is -3.12. The largest absolute Gasteiger partial charge is 0.282 e. The predicted octanol–water partition coefficient (Wildman–Crippen LogP) is 1.80. The second-order valence-corrected chi connectivity index (χ2v) is 8.50. The molecule has 0 amide bonds. The number of aromatic nitrogens is 3. The average molecular weight is 388 g/mol. The van der Waals surface area contributed by atoms with E-state index in [1.807, 2.05) is 12.1 Å². The summed E-state index contributed by atoms with van der Waals surface area (Å²) in [4.78, 5) is 6.52. The molecule has 1 aliphatic heterocycles. The number of nitrogens with one attached hydrogen (secondary N) is 1. The first-order valence-electron chi connectivity index (χ1n) is 7.43. The van der Waals surface area contributed by atoms with Crippen molar-refractivity contribution in [2.24, 2.45) is 0 Å². The van der Waals surface area contributed by atoms with Gasteiger partial charge >= 0.3 is 0 Å². The Bertz CT molecular complexity index is 867. The van der Waals surface area contributed by atoms with Crippen molar-refractivity contribution < 1.29 is 8.42 Å². The number of sulfonamides is 1. The van der Waals surface area contributed by atoms with E-state index in [0.29, 0.717) is 48.5 Å². The fourth-order valence-corrected chi connectivity index (χ4v) is 3.74. The van der Waals surface area contributed by atoms with Gasteiger partial charge in [-0.3, -0.25) is 10.00 Å². The van der Waals surface area contributed by atoms with E-state index in [0.717, 1.165) is 5.56 Å². The van der Waals surface area contributed by atoms with Gasteiger partial charge in [0.05, 0.1) is 12.9 Å². The third kappa shape index (κ3) is 4.04. The summed E-state index contributed by atoms with van der Waals surface area (Å²) in [6, 6.07) is 7.37. The smallest absolute Gasteiger partial charge is 0.217 e. The summed E-state index contributed by atoms with van der Waals surface area (Å²) in [6.07, 6.45) is 1.24. The normalized spacial score (nSPS) is 17.2. The number of hydrogen-bond donors (Lipinski definition) is 1. The molecule has 0 spiro atoms. The molecule has 10 heteroatoms. The summed E-state index contributed by atoms with van der Waals surface area (Å²) in [5.41, 5.74) is 0.908. The van der Waals surface area contributed by atoms with Crippen LogP contribution in [0.25, 0.3) is 11.4 Å². The van der Waals surface area contributed by atoms with Crippen molar-refractivity contribution in [3.63, 3.8) is 0 Å². The van der Waals surface area contributed by atoms with Crippen LogP contribution in [0.4, 0.5) is 0 Å². The molecule has 3 rings (SSSR count). The number of H-pyrrole nitrogens is 1. The third-order valence-electron chi connectivity index (χ3n) is 3.94. The van der Waals surface area contributed by atoms with Gasteiger partial charge in [-0.05, 0) is 36.5 Å². The van der Waals surface area contributed by atoms with Gasteiger partial charge in [0.15, 0.2) is 5.82 Å². The first-order valence-corrected chi connectivity index (χ1v) is 10.1. The van der Waals surface area contributed by atoms with Gasteiger partial charge in [-0.25, -0.2) is 13.1 Å². The van der Waals surface area contributed by atoms with Gasteiger partial charge in [0, 0.05) is 36.8 Å². The van der Waals surface area contributed by atoms with Crippen molar-refractivity contribution in [1.82, 2.24) is 24.0 Å². The number of rotatable bonds is 4. The number of aromatic amines is 1. The van der Waals surface area contributed by atoms with E-state index in [1.165, 1.54) is 10.6 Å². The van der Waals surface area contributed by atoms with Crippen molar-refractivity contribution in [2.75, 3.05) is 32.4 Å². The second kappa shape index (κ2) is 6.93. The standard InChI is InChI=1S/C14H18ClN5O2S2/c1-24(21,22)19-8-6-18(7-9-19)10-20-14(23)16-13(17-20)11-2-4-12(15)5-3-11/h2-5H,6-10H2,1H3,(H,16,17,23). The first-order chi connectivity index (χ1) is 11.3. The topological polar surface area (TPSA) is 74.2 Å². The fraction of sp³-hybridized carbons (Fsp3) is 0.429. The summed E-state index contributed by atoms with van der Waals surface area (Å²) in [5.74, 6) is 0.687. The summed E-state index contributed by atoms with van der Waals surface area (Å²) < 4.78 is 26.8. The summed E-state index contributed by atoms with van der Waals surface area (Å²) >= 11 is 11.2. The summed E-state index contributed by atoms with van der Waals surface area (Å²) in [7, 11) is -3.12. The van der Waals surface area contributed by atoms with Crippen LogP contribution >= 0.6 is 23.8 Å². The number of benzene rings is 1. The highest BCUT2D eigenvalue weighted by Gasteiger charge is 2.23. The molecular weight excluding hydrogens is 370 g/mol. The number of piperazine rings is 1. The Balaban J connectivity index is 1.69. The minimum Gasteiger partial charge on any atom is -0.282 e. The highest BCUT2D eigenvalue weighted by molar-refractivity contribution is 7.88. The Hall–Kier alpha value is -1.26. The van der Waals surface area contributed by atoms with Crippen molar-refractivity contribution in [1.29, 1.82) is 0 Å². The van der Waals surface area contributed by atoms with Crippen LogP contribution in [0.5, 0.6) is 0 Å². The maximum absolute atomic E-state index is 11.5.